The molecule has 0 heterocycles. The minimum absolute atomic E-state index is 0.0866. The SMILES string of the molecule is CCCC(NC(=O)N(C)CCC(=O)OCC)C(=O)O. The van der Waals surface area contributed by atoms with Crippen molar-refractivity contribution in [3.63, 3.8) is 0 Å². The van der Waals surface area contributed by atoms with Gasteiger partial charge >= 0.3 is 18.0 Å². The molecule has 0 aliphatic rings. The molecule has 0 rings (SSSR count). The number of ether oxygens (including phenoxy) is 1. The number of aliphatic carboxylic acids is 1. The first-order valence-corrected chi connectivity index (χ1v) is 6.32. The van der Waals surface area contributed by atoms with E-state index in [0.717, 1.165) is 0 Å². The largest absolute Gasteiger partial charge is 0.480 e. The van der Waals surface area contributed by atoms with Gasteiger partial charge in [-0.25, -0.2) is 9.59 Å². The number of urea groups is 1. The average Bonchev–Trinajstić information content (AvgIpc) is 2.35. The van der Waals surface area contributed by atoms with Gasteiger partial charge in [0.05, 0.1) is 13.0 Å². The summed E-state index contributed by atoms with van der Waals surface area (Å²) in [6, 6.07) is -1.41. The number of carboxylic acids is 1. The van der Waals surface area contributed by atoms with Gasteiger partial charge in [0.15, 0.2) is 0 Å². The van der Waals surface area contributed by atoms with Crippen LogP contribution < -0.4 is 5.32 Å². The van der Waals surface area contributed by atoms with Crippen LogP contribution >= 0.6 is 0 Å². The highest BCUT2D eigenvalue weighted by atomic mass is 16.5. The highest BCUT2D eigenvalue weighted by molar-refractivity contribution is 5.82. The Kier molecular flexibility index (Phi) is 8.32. The minimum Gasteiger partial charge on any atom is -0.480 e. The molecule has 0 aromatic heterocycles. The summed E-state index contributed by atoms with van der Waals surface area (Å²) in [6.07, 6.45) is 1.11. The van der Waals surface area contributed by atoms with Gasteiger partial charge in [0.25, 0.3) is 0 Å². The summed E-state index contributed by atoms with van der Waals surface area (Å²) in [5, 5.41) is 11.3. The molecule has 0 bridgehead atoms. The number of carbonyl (C=O) groups excluding carboxylic acids is 2. The number of nitrogens with one attached hydrogen (secondary N) is 1. The molecule has 0 saturated carbocycles. The first-order chi connectivity index (χ1) is 8.92. The Bertz CT molecular complexity index is 319. The zero-order valence-corrected chi connectivity index (χ0v) is 11.6. The number of amides is 2. The average molecular weight is 274 g/mol. The highest BCUT2D eigenvalue weighted by Crippen LogP contribution is 1.99. The lowest BCUT2D eigenvalue weighted by Crippen LogP contribution is -2.47. The van der Waals surface area contributed by atoms with E-state index in [2.05, 4.69) is 5.32 Å². The van der Waals surface area contributed by atoms with Crippen LogP contribution in [-0.2, 0) is 14.3 Å². The number of rotatable bonds is 8. The lowest BCUT2D eigenvalue weighted by Gasteiger charge is -2.20. The number of esters is 1. The summed E-state index contributed by atoms with van der Waals surface area (Å²) in [5.74, 6) is -1.44. The summed E-state index contributed by atoms with van der Waals surface area (Å²) < 4.78 is 4.74. The fraction of sp³-hybridized carbons (Fsp3) is 0.750. The fourth-order valence-corrected chi connectivity index (χ4v) is 1.40. The van der Waals surface area contributed by atoms with Gasteiger partial charge in [0.1, 0.15) is 6.04 Å². The standard InChI is InChI=1S/C12H22N2O5/c1-4-6-9(11(16)17)13-12(18)14(3)8-7-10(15)19-5-2/h9H,4-8H2,1-3H3,(H,13,18)(H,16,17). The van der Waals surface area contributed by atoms with E-state index in [-0.39, 0.29) is 18.9 Å². The van der Waals surface area contributed by atoms with Gasteiger partial charge in [-0.3, -0.25) is 4.79 Å². The quantitative estimate of drug-likeness (QED) is 0.639. The fourth-order valence-electron chi connectivity index (χ4n) is 1.40. The molecule has 2 N–H and O–H groups in total. The van der Waals surface area contributed by atoms with Crippen LogP contribution in [0.5, 0.6) is 0 Å². The van der Waals surface area contributed by atoms with Gasteiger partial charge in [-0.1, -0.05) is 13.3 Å². The Balaban J connectivity index is 4.17. The lowest BCUT2D eigenvalue weighted by atomic mass is 10.2. The smallest absolute Gasteiger partial charge is 0.326 e. The predicted molar refractivity (Wildman–Crippen MR) is 68.7 cm³/mol. The summed E-state index contributed by atoms with van der Waals surface area (Å²) in [4.78, 5) is 35.0. The van der Waals surface area contributed by atoms with Crippen LogP contribution in [0.15, 0.2) is 0 Å². The van der Waals surface area contributed by atoms with E-state index in [9.17, 15) is 14.4 Å². The number of carbonyl (C=O) groups is 3. The maximum atomic E-state index is 11.7. The molecular weight excluding hydrogens is 252 g/mol. The van der Waals surface area contributed by atoms with Crippen molar-refractivity contribution in [2.45, 2.75) is 39.2 Å². The molecule has 0 aromatic carbocycles. The van der Waals surface area contributed by atoms with Gasteiger partial charge in [-0.05, 0) is 13.3 Å². The van der Waals surface area contributed by atoms with Gasteiger partial charge in [0, 0.05) is 13.6 Å². The summed E-state index contributed by atoms with van der Waals surface area (Å²) in [7, 11) is 1.50. The number of nitrogens with zero attached hydrogens (tertiary/aromatic N) is 1. The Labute approximate surface area is 112 Å². The molecular formula is C12H22N2O5. The summed E-state index contributed by atoms with van der Waals surface area (Å²) >= 11 is 0. The Hall–Kier alpha value is -1.79. The van der Waals surface area contributed by atoms with Crippen LogP contribution in [0.4, 0.5) is 4.79 Å². The molecule has 7 heteroatoms. The molecule has 0 fully saturated rings. The molecule has 1 unspecified atom stereocenters. The van der Waals surface area contributed by atoms with Crippen molar-refractivity contribution in [1.82, 2.24) is 10.2 Å². The molecule has 19 heavy (non-hydrogen) atoms. The third-order valence-electron chi connectivity index (χ3n) is 2.48. The molecule has 0 aliphatic heterocycles. The molecule has 0 aliphatic carbocycles. The molecule has 0 aromatic rings. The first kappa shape index (κ1) is 17.2. The van der Waals surface area contributed by atoms with E-state index in [0.29, 0.717) is 19.4 Å². The van der Waals surface area contributed by atoms with E-state index in [1.807, 2.05) is 6.92 Å². The van der Waals surface area contributed by atoms with Crippen molar-refractivity contribution in [2.24, 2.45) is 0 Å². The van der Waals surface area contributed by atoms with Crippen LogP contribution in [-0.4, -0.2) is 54.2 Å². The van der Waals surface area contributed by atoms with E-state index in [1.165, 1.54) is 11.9 Å². The third kappa shape index (κ3) is 7.28. The first-order valence-electron chi connectivity index (χ1n) is 6.32. The van der Waals surface area contributed by atoms with Crippen LogP contribution in [0, 0.1) is 0 Å². The molecule has 0 spiro atoms. The van der Waals surface area contributed by atoms with E-state index < -0.39 is 18.0 Å². The number of hydrogen-bond acceptors (Lipinski definition) is 4. The monoisotopic (exact) mass is 274 g/mol. The van der Waals surface area contributed by atoms with Gasteiger partial charge < -0.3 is 20.1 Å². The molecule has 0 radical (unpaired) electrons. The zero-order valence-electron chi connectivity index (χ0n) is 11.6. The van der Waals surface area contributed by atoms with E-state index in [4.69, 9.17) is 9.84 Å². The molecule has 110 valence electrons. The third-order valence-corrected chi connectivity index (χ3v) is 2.48. The van der Waals surface area contributed by atoms with Crippen molar-refractivity contribution in [3.05, 3.63) is 0 Å². The maximum absolute atomic E-state index is 11.7. The lowest BCUT2D eigenvalue weighted by molar-refractivity contribution is -0.143. The summed E-state index contributed by atoms with van der Waals surface area (Å²) in [5.41, 5.74) is 0. The maximum Gasteiger partial charge on any atom is 0.326 e. The van der Waals surface area contributed by atoms with Gasteiger partial charge in [0.2, 0.25) is 0 Å². The molecule has 0 saturated heterocycles. The van der Waals surface area contributed by atoms with Crippen molar-refractivity contribution in [1.29, 1.82) is 0 Å². The van der Waals surface area contributed by atoms with Crippen LogP contribution in [0.25, 0.3) is 0 Å². The van der Waals surface area contributed by atoms with Crippen LogP contribution in [0.1, 0.15) is 33.1 Å². The normalized spacial score (nSPS) is 11.5. The molecule has 7 nitrogen and oxygen atoms in total. The molecule has 2 amide bonds. The van der Waals surface area contributed by atoms with Crippen LogP contribution in [0.2, 0.25) is 0 Å². The highest BCUT2D eigenvalue weighted by Gasteiger charge is 2.20. The minimum atomic E-state index is -1.06. The number of hydrogen-bond donors (Lipinski definition) is 2. The van der Waals surface area contributed by atoms with Gasteiger partial charge in [-0.15, -0.1) is 0 Å². The second-order valence-corrected chi connectivity index (χ2v) is 4.11. The van der Waals surface area contributed by atoms with Crippen LogP contribution in [0.3, 0.4) is 0 Å². The Morgan fingerprint density at radius 3 is 2.42 bits per heavy atom. The zero-order chi connectivity index (χ0) is 14.8. The van der Waals surface area contributed by atoms with E-state index >= 15 is 0 Å². The van der Waals surface area contributed by atoms with Crippen molar-refractivity contribution < 1.29 is 24.2 Å². The number of carboxylic acid groups (broad SMARTS) is 1. The Morgan fingerprint density at radius 1 is 1.32 bits per heavy atom. The van der Waals surface area contributed by atoms with Crippen molar-refractivity contribution >= 4 is 18.0 Å². The van der Waals surface area contributed by atoms with Crippen molar-refractivity contribution in [3.8, 4) is 0 Å². The van der Waals surface area contributed by atoms with Crippen molar-refractivity contribution in [2.75, 3.05) is 20.2 Å². The second kappa shape index (κ2) is 9.18. The topological polar surface area (TPSA) is 95.9 Å². The second-order valence-electron chi connectivity index (χ2n) is 4.11. The predicted octanol–water partition coefficient (Wildman–Crippen LogP) is 0.834. The van der Waals surface area contributed by atoms with Gasteiger partial charge in [-0.2, -0.15) is 0 Å². The Morgan fingerprint density at radius 2 is 1.95 bits per heavy atom. The molecule has 1 atom stereocenters. The van der Waals surface area contributed by atoms with E-state index in [1.54, 1.807) is 6.92 Å². The summed E-state index contributed by atoms with van der Waals surface area (Å²) in [6.45, 7) is 4.03.